The van der Waals surface area contributed by atoms with E-state index in [4.69, 9.17) is 0 Å². The van der Waals surface area contributed by atoms with E-state index < -0.39 is 9.84 Å². The largest absolute Gasteiger partial charge is 0.339 e. The summed E-state index contributed by atoms with van der Waals surface area (Å²) < 4.78 is 23.4. The number of sulfone groups is 1. The monoisotopic (exact) mass is 433 g/mol. The SMILES string of the molecule is O=C(CN[C@@H](c1ccccc1)c1cccs1)N1CCN([C@H]2CCS(=O)(=O)C2)CC1. The van der Waals surface area contributed by atoms with Crippen molar-refractivity contribution < 1.29 is 13.2 Å². The molecule has 156 valence electrons. The van der Waals surface area contributed by atoms with E-state index in [0.717, 1.165) is 25.1 Å². The number of hydrogen-bond donors (Lipinski definition) is 1. The quantitative estimate of drug-likeness (QED) is 0.752. The molecule has 4 rings (SSSR count). The van der Waals surface area contributed by atoms with Gasteiger partial charge in [-0.15, -0.1) is 11.3 Å². The van der Waals surface area contributed by atoms with Gasteiger partial charge in [0.15, 0.2) is 9.84 Å². The lowest BCUT2D eigenvalue weighted by molar-refractivity contribution is -0.132. The van der Waals surface area contributed by atoms with Crippen molar-refractivity contribution >= 4 is 27.1 Å². The number of amides is 1. The van der Waals surface area contributed by atoms with Crippen molar-refractivity contribution in [3.05, 3.63) is 58.3 Å². The Morgan fingerprint density at radius 2 is 1.86 bits per heavy atom. The molecule has 2 aliphatic heterocycles. The summed E-state index contributed by atoms with van der Waals surface area (Å²) in [5.74, 6) is 0.660. The highest BCUT2D eigenvalue weighted by Crippen LogP contribution is 2.26. The van der Waals surface area contributed by atoms with E-state index >= 15 is 0 Å². The number of nitrogens with zero attached hydrogens (tertiary/aromatic N) is 2. The van der Waals surface area contributed by atoms with Gasteiger partial charge in [0.05, 0.1) is 24.1 Å². The van der Waals surface area contributed by atoms with Crippen molar-refractivity contribution in [2.24, 2.45) is 0 Å². The van der Waals surface area contributed by atoms with Gasteiger partial charge in [-0.05, 0) is 23.4 Å². The zero-order chi connectivity index (χ0) is 20.3. The fourth-order valence-electron chi connectivity index (χ4n) is 4.18. The molecule has 8 heteroatoms. The van der Waals surface area contributed by atoms with Crippen LogP contribution < -0.4 is 5.32 Å². The summed E-state index contributed by atoms with van der Waals surface area (Å²) in [5, 5.41) is 5.49. The number of thiophene rings is 1. The Bertz CT molecular complexity index is 908. The summed E-state index contributed by atoms with van der Waals surface area (Å²) in [5.41, 5.74) is 1.15. The number of benzene rings is 1. The summed E-state index contributed by atoms with van der Waals surface area (Å²) >= 11 is 1.68. The number of carbonyl (C=O) groups excluding carboxylic acids is 1. The van der Waals surface area contributed by atoms with Crippen molar-refractivity contribution in [2.75, 3.05) is 44.2 Å². The van der Waals surface area contributed by atoms with Gasteiger partial charge >= 0.3 is 0 Å². The molecular weight excluding hydrogens is 406 g/mol. The predicted octanol–water partition coefficient (Wildman–Crippen LogP) is 1.76. The molecule has 2 fully saturated rings. The minimum absolute atomic E-state index is 0.00475. The lowest BCUT2D eigenvalue weighted by Gasteiger charge is -2.37. The van der Waals surface area contributed by atoms with Crippen LogP contribution >= 0.6 is 11.3 Å². The lowest BCUT2D eigenvalue weighted by atomic mass is 10.1. The van der Waals surface area contributed by atoms with Crippen molar-refractivity contribution in [1.82, 2.24) is 15.1 Å². The summed E-state index contributed by atoms with van der Waals surface area (Å²) in [6.07, 6.45) is 0.720. The van der Waals surface area contributed by atoms with Gasteiger partial charge in [-0.3, -0.25) is 15.0 Å². The molecule has 0 radical (unpaired) electrons. The van der Waals surface area contributed by atoms with E-state index in [1.807, 2.05) is 29.2 Å². The van der Waals surface area contributed by atoms with Crippen LogP contribution in [0.3, 0.4) is 0 Å². The fourth-order valence-corrected chi connectivity index (χ4v) is 6.77. The van der Waals surface area contributed by atoms with Crippen LogP contribution in [0.1, 0.15) is 22.9 Å². The zero-order valence-corrected chi connectivity index (χ0v) is 18.0. The second-order valence-corrected chi connectivity index (χ2v) is 10.9. The van der Waals surface area contributed by atoms with Gasteiger partial charge in [0.25, 0.3) is 0 Å². The molecule has 2 saturated heterocycles. The second kappa shape index (κ2) is 8.95. The highest BCUT2D eigenvalue weighted by Gasteiger charge is 2.34. The number of piperazine rings is 1. The number of hydrogen-bond acceptors (Lipinski definition) is 6. The van der Waals surface area contributed by atoms with Crippen molar-refractivity contribution in [1.29, 1.82) is 0 Å². The van der Waals surface area contributed by atoms with Gasteiger partial charge in [-0.25, -0.2) is 8.42 Å². The van der Waals surface area contributed by atoms with Gasteiger partial charge < -0.3 is 4.90 Å². The maximum Gasteiger partial charge on any atom is 0.236 e. The number of nitrogens with one attached hydrogen (secondary N) is 1. The van der Waals surface area contributed by atoms with Gasteiger partial charge in [-0.2, -0.15) is 0 Å². The Balaban J connectivity index is 1.31. The maximum atomic E-state index is 12.8. The average molecular weight is 434 g/mol. The fraction of sp³-hybridized carbons (Fsp3) is 0.476. The molecule has 2 aliphatic rings. The molecule has 2 aromatic rings. The first-order chi connectivity index (χ1) is 14.0. The van der Waals surface area contributed by atoms with Crippen molar-refractivity contribution in [2.45, 2.75) is 18.5 Å². The Kier molecular flexibility index (Phi) is 6.34. The second-order valence-electron chi connectivity index (χ2n) is 7.71. The average Bonchev–Trinajstić information content (AvgIpc) is 3.39. The molecule has 0 unspecified atom stereocenters. The molecule has 1 aromatic carbocycles. The van der Waals surface area contributed by atoms with Crippen LogP contribution in [0.2, 0.25) is 0 Å². The lowest BCUT2D eigenvalue weighted by Crippen LogP contribution is -2.53. The third kappa shape index (κ3) is 5.06. The van der Waals surface area contributed by atoms with Crippen molar-refractivity contribution in [3.8, 4) is 0 Å². The van der Waals surface area contributed by atoms with Crippen LogP contribution in [0.15, 0.2) is 47.8 Å². The standard InChI is InChI=1S/C21H27N3O3S2/c25-20(24-11-9-23(10-12-24)18-8-14-29(26,27)16-18)15-22-21(19-7-4-13-28-19)17-5-2-1-3-6-17/h1-7,13,18,21-22H,8-12,14-16H2/t18-,21-/m0/s1. The first-order valence-electron chi connectivity index (χ1n) is 10.1. The van der Waals surface area contributed by atoms with Gasteiger partial charge in [0, 0.05) is 37.1 Å². The number of rotatable bonds is 6. The first kappa shape index (κ1) is 20.5. The summed E-state index contributed by atoms with van der Waals surface area (Å²) in [6.45, 7) is 3.10. The Labute approximate surface area is 176 Å². The van der Waals surface area contributed by atoms with E-state index in [2.05, 4.69) is 33.8 Å². The number of carbonyl (C=O) groups is 1. The molecular formula is C21H27N3O3S2. The molecule has 1 N–H and O–H groups in total. The topological polar surface area (TPSA) is 69.7 Å². The van der Waals surface area contributed by atoms with E-state index in [1.54, 1.807) is 11.3 Å². The molecule has 3 heterocycles. The smallest absolute Gasteiger partial charge is 0.236 e. The Hall–Kier alpha value is -1.74. The predicted molar refractivity (Wildman–Crippen MR) is 116 cm³/mol. The third-order valence-corrected chi connectivity index (χ3v) is 8.50. The van der Waals surface area contributed by atoms with Crippen LogP contribution in [0.5, 0.6) is 0 Å². The summed E-state index contributed by atoms with van der Waals surface area (Å²) in [4.78, 5) is 18.1. The molecule has 2 atom stereocenters. The summed E-state index contributed by atoms with van der Waals surface area (Å²) in [7, 11) is -2.87. The molecule has 1 amide bonds. The Morgan fingerprint density at radius 1 is 1.10 bits per heavy atom. The normalized spacial score (nSPS) is 23.2. The molecule has 29 heavy (non-hydrogen) atoms. The molecule has 0 saturated carbocycles. The first-order valence-corrected chi connectivity index (χ1v) is 12.8. The van der Waals surface area contributed by atoms with Crippen LogP contribution in [0, 0.1) is 0 Å². The highest BCUT2D eigenvalue weighted by molar-refractivity contribution is 7.91. The van der Waals surface area contributed by atoms with Crippen LogP contribution in [-0.4, -0.2) is 74.4 Å². The molecule has 0 aliphatic carbocycles. The van der Waals surface area contributed by atoms with E-state index in [1.165, 1.54) is 4.88 Å². The summed E-state index contributed by atoms with van der Waals surface area (Å²) in [6, 6.07) is 14.4. The van der Waals surface area contributed by atoms with Gasteiger partial charge in [0.1, 0.15) is 0 Å². The molecule has 0 spiro atoms. The minimum atomic E-state index is -2.87. The van der Waals surface area contributed by atoms with E-state index in [-0.39, 0.29) is 30.3 Å². The maximum absolute atomic E-state index is 12.8. The molecule has 1 aromatic heterocycles. The minimum Gasteiger partial charge on any atom is -0.339 e. The van der Waals surface area contributed by atoms with Crippen LogP contribution in [0.4, 0.5) is 0 Å². The zero-order valence-electron chi connectivity index (χ0n) is 16.4. The van der Waals surface area contributed by atoms with E-state index in [0.29, 0.717) is 18.8 Å². The van der Waals surface area contributed by atoms with Gasteiger partial charge in [0.2, 0.25) is 5.91 Å². The third-order valence-electron chi connectivity index (χ3n) is 5.81. The van der Waals surface area contributed by atoms with Crippen molar-refractivity contribution in [3.63, 3.8) is 0 Å². The van der Waals surface area contributed by atoms with Gasteiger partial charge in [-0.1, -0.05) is 36.4 Å². The highest BCUT2D eigenvalue weighted by atomic mass is 32.2. The Morgan fingerprint density at radius 3 is 2.48 bits per heavy atom. The van der Waals surface area contributed by atoms with Crippen LogP contribution in [-0.2, 0) is 14.6 Å². The van der Waals surface area contributed by atoms with Crippen LogP contribution in [0.25, 0.3) is 0 Å². The molecule has 6 nitrogen and oxygen atoms in total. The molecule has 0 bridgehead atoms. The van der Waals surface area contributed by atoms with E-state index in [9.17, 15) is 13.2 Å².